The lowest BCUT2D eigenvalue weighted by atomic mass is 10.2. The van der Waals surface area contributed by atoms with Gasteiger partial charge in [-0.25, -0.2) is 14.4 Å². The normalized spacial score (nSPS) is 12.6. The zero-order valence-electron chi connectivity index (χ0n) is 13.4. The number of rotatable bonds is 3. The Balaban J connectivity index is 1.83. The molecule has 1 aromatic carbocycles. The number of pyridine rings is 1. The van der Waals surface area contributed by atoms with Crippen LogP contribution in [0.5, 0.6) is 5.75 Å². The number of anilines is 2. The number of ether oxygens (including phenoxy) is 1. The lowest BCUT2D eigenvalue weighted by Crippen LogP contribution is -2.03. The van der Waals surface area contributed by atoms with Gasteiger partial charge < -0.3 is 10.1 Å². The van der Waals surface area contributed by atoms with E-state index in [1.807, 2.05) is 13.0 Å². The lowest BCUT2D eigenvalue weighted by Gasteiger charge is -2.13. The Morgan fingerprint density at radius 3 is 2.96 bits per heavy atom. The van der Waals surface area contributed by atoms with Crippen LogP contribution in [-0.2, 0) is 6.42 Å². The number of benzene rings is 1. The molecule has 0 bridgehead atoms. The molecule has 3 heterocycles. The first-order valence-electron chi connectivity index (χ1n) is 7.78. The summed E-state index contributed by atoms with van der Waals surface area (Å²) in [4.78, 5) is 13.0. The summed E-state index contributed by atoms with van der Waals surface area (Å²) in [5.74, 6) is 0.960. The van der Waals surface area contributed by atoms with Crippen molar-refractivity contribution in [2.45, 2.75) is 13.3 Å². The maximum absolute atomic E-state index is 14.2. The molecule has 0 fully saturated rings. The Morgan fingerprint density at radius 1 is 1.24 bits per heavy atom. The summed E-state index contributed by atoms with van der Waals surface area (Å²) in [5, 5.41) is 3.67. The maximum atomic E-state index is 14.2. The Labute approximate surface area is 148 Å². The van der Waals surface area contributed by atoms with Crippen molar-refractivity contribution in [3.8, 4) is 17.1 Å². The molecule has 126 valence electrons. The van der Waals surface area contributed by atoms with Gasteiger partial charge in [-0.2, -0.15) is 0 Å². The van der Waals surface area contributed by atoms with E-state index in [9.17, 15) is 4.39 Å². The number of hydrogen-bond donors (Lipinski definition) is 1. The van der Waals surface area contributed by atoms with E-state index in [-0.39, 0.29) is 11.4 Å². The molecule has 0 saturated heterocycles. The molecule has 0 saturated carbocycles. The second-order valence-corrected chi connectivity index (χ2v) is 6.15. The third-order valence-electron chi connectivity index (χ3n) is 3.96. The van der Waals surface area contributed by atoms with Crippen molar-refractivity contribution in [3.63, 3.8) is 0 Å². The number of nitrogens with zero attached hydrogens (tertiary/aromatic N) is 3. The molecule has 0 atom stereocenters. The van der Waals surface area contributed by atoms with Gasteiger partial charge in [0.2, 0.25) is 0 Å². The Bertz CT molecular complexity index is 964. The SMILES string of the molecule is Cc1cnccc1Nc1nc(-c2cc(Cl)ccc2F)nc2c1OCC2. The zero-order valence-corrected chi connectivity index (χ0v) is 14.1. The van der Waals surface area contributed by atoms with Gasteiger partial charge in [0.15, 0.2) is 17.4 Å². The van der Waals surface area contributed by atoms with Crippen molar-refractivity contribution in [2.24, 2.45) is 0 Å². The minimum absolute atomic E-state index is 0.261. The molecule has 1 aliphatic heterocycles. The number of hydrogen-bond acceptors (Lipinski definition) is 5. The highest BCUT2D eigenvalue weighted by Gasteiger charge is 2.23. The highest BCUT2D eigenvalue weighted by molar-refractivity contribution is 6.30. The van der Waals surface area contributed by atoms with Crippen LogP contribution in [0.15, 0.2) is 36.7 Å². The predicted octanol–water partition coefficient (Wildman–Crippen LogP) is 4.32. The fourth-order valence-corrected chi connectivity index (χ4v) is 2.86. The van der Waals surface area contributed by atoms with Gasteiger partial charge in [0.1, 0.15) is 5.82 Å². The lowest BCUT2D eigenvalue weighted by molar-refractivity contribution is 0.357. The summed E-state index contributed by atoms with van der Waals surface area (Å²) in [5.41, 5.74) is 2.82. The summed E-state index contributed by atoms with van der Waals surface area (Å²) < 4.78 is 19.9. The van der Waals surface area contributed by atoms with Gasteiger partial charge in [-0.05, 0) is 36.8 Å². The third kappa shape index (κ3) is 3.00. The molecule has 0 radical (unpaired) electrons. The Hall–Kier alpha value is -2.73. The molecule has 7 heteroatoms. The van der Waals surface area contributed by atoms with Crippen LogP contribution in [0, 0.1) is 12.7 Å². The highest BCUT2D eigenvalue weighted by Crippen LogP contribution is 2.36. The topological polar surface area (TPSA) is 59.9 Å². The average Bonchev–Trinajstić information content (AvgIpc) is 3.08. The van der Waals surface area contributed by atoms with E-state index >= 15 is 0 Å². The van der Waals surface area contributed by atoms with Gasteiger partial charge in [-0.1, -0.05) is 11.6 Å². The first-order chi connectivity index (χ1) is 12.1. The monoisotopic (exact) mass is 356 g/mol. The van der Waals surface area contributed by atoms with E-state index in [4.69, 9.17) is 16.3 Å². The molecular formula is C18H14ClFN4O. The van der Waals surface area contributed by atoms with Crippen molar-refractivity contribution in [3.05, 3.63) is 58.8 Å². The smallest absolute Gasteiger partial charge is 0.183 e. The summed E-state index contributed by atoms with van der Waals surface area (Å²) >= 11 is 6.00. The second-order valence-electron chi connectivity index (χ2n) is 5.71. The number of aryl methyl sites for hydroxylation is 1. The van der Waals surface area contributed by atoms with Gasteiger partial charge in [0.05, 0.1) is 17.9 Å². The highest BCUT2D eigenvalue weighted by atomic mass is 35.5. The molecule has 25 heavy (non-hydrogen) atoms. The summed E-state index contributed by atoms with van der Waals surface area (Å²) in [6, 6.07) is 6.18. The van der Waals surface area contributed by atoms with Crippen molar-refractivity contribution >= 4 is 23.1 Å². The van der Waals surface area contributed by atoms with Crippen LogP contribution in [0.4, 0.5) is 15.9 Å². The summed E-state index contributed by atoms with van der Waals surface area (Å²) in [6.45, 7) is 2.46. The van der Waals surface area contributed by atoms with E-state index in [2.05, 4.69) is 20.3 Å². The quantitative estimate of drug-likeness (QED) is 0.757. The van der Waals surface area contributed by atoms with E-state index in [0.717, 1.165) is 16.9 Å². The molecule has 5 nitrogen and oxygen atoms in total. The van der Waals surface area contributed by atoms with Gasteiger partial charge in [-0.3, -0.25) is 4.98 Å². The minimum atomic E-state index is -0.422. The summed E-state index contributed by atoms with van der Waals surface area (Å²) in [7, 11) is 0. The molecule has 1 N–H and O–H groups in total. The molecule has 0 spiro atoms. The van der Waals surface area contributed by atoms with Gasteiger partial charge in [-0.15, -0.1) is 0 Å². The van der Waals surface area contributed by atoms with Crippen LogP contribution in [0.2, 0.25) is 5.02 Å². The molecule has 0 amide bonds. The number of fused-ring (bicyclic) bond motifs is 1. The fraction of sp³-hybridized carbons (Fsp3) is 0.167. The van der Waals surface area contributed by atoms with E-state index < -0.39 is 5.82 Å². The number of nitrogens with one attached hydrogen (secondary N) is 1. The van der Waals surface area contributed by atoms with Crippen LogP contribution in [0.3, 0.4) is 0 Å². The average molecular weight is 357 g/mol. The third-order valence-corrected chi connectivity index (χ3v) is 4.20. The molecule has 3 aromatic rings. The standard InChI is InChI=1S/C18H14ClFN4O/c1-10-9-21-6-4-14(10)22-18-16-15(5-7-25-16)23-17(24-18)12-8-11(19)2-3-13(12)20/h2-4,6,8-9H,5,7H2,1H3,(H,21,22,23,24). The van der Waals surface area contributed by atoms with Crippen molar-refractivity contribution < 1.29 is 9.13 Å². The van der Waals surface area contributed by atoms with Crippen LogP contribution in [0.25, 0.3) is 11.4 Å². The molecule has 2 aromatic heterocycles. The zero-order chi connectivity index (χ0) is 17.4. The van der Waals surface area contributed by atoms with Gasteiger partial charge >= 0.3 is 0 Å². The minimum Gasteiger partial charge on any atom is -0.487 e. The number of halogens is 2. The summed E-state index contributed by atoms with van der Waals surface area (Å²) in [6.07, 6.45) is 4.09. The van der Waals surface area contributed by atoms with Gasteiger partial charge in [0, 0.05) is 29.5 Å². The van der Waals surface area contributed by atoms with Crippen LogP contribution in [-0.4, -0.2) is 21.6 Å². The molecular weight excluding hydrogens is 343 g/mol. The van der Waals surface area contributed by atoms with Gasteiger partial charge in [0.25, 0.3) is 0 Å². The van der Waals surface area contributed by atoms with Crippen LogP contribution in [0.1, 0.15) is 11.3 Å². The fourth-order valence-electron chi connectivity index (χ4n) is 2.68. The van der Waals surface area contributed by atoms with Crippen molar-refractivity contribution in [1.29, 1.82) is 0 Å². The molecule has 0 unspecified atom stereocenters. The van der Waals surface area contributed by atoms with E-state index in [1.165, 1.54) is 18.2 Å². The first-order valence-corrected chi connectivity index (χ1v) is 8.16. The molecule has 0 aliphatic carbocycles. The largest absolute Gasteiger partial charge is 0.487 e. The van der Waals surface area contributed by atoms with Crippen LogP contribution < -0.4 is 10.1 Å². The molecule has 1 aliphatic rings. The van der Waals surface area contributed by atoms with E-state index in [1.54, 1.807) is 12.4 Å². The first kappa shape index (κ1) is 15.8. The Kier molecular flexibility index (Phi) is 3.97. The van der Waals surface area contributed by atoms with Crippen molar-refractivity contribution in [1.82, 2.24) is 15.0 Å². The van der Waals surface area contributed by atoms with Crippen molar-refractivity contribution in [2.75, 3.05) is 11.9 Å². The van der Waals surface area contributed by atoms with E-state index in [0.29, 0.717) is 29.6 Å². The van der Waals surface area contributed by atoms with Crippen LogP contribution >= 0.6 is 11.6 Å². The second kappa shape index (κ2) is 6.29. The Morgan fingerprint density at radius 2 is 2.12 bits per heavy atom. The molecule has 4 rings (SSSR count). The predicted molar refractivity (Wildman–Crippen MR) is 93.9 cm³/mol. The number of aromatic nitrogens is 3. The maximum Gasteiger partial charge on any atom is 0.183 e.